The Morgan fingerprint density at radius 2 is 2.21 bits per heavy atom. The lowest BCUT2D eigenvalue weighted by atomic mass is 10.3. The first-order chi connectivity index (χ1) is 9.15. The zero-order chi connectivity index (χ0) is 14.1. The molecule has 0 aliphatic heterocycles. The Bertz CT molecular complexity index is 415. The van der Waals surface area contributed by atoms with E-state index in [-0.39, 0.29) is 16.5 Å². The van der Waals surface area contributed by atoms with Crippen LogP contribution in [-0.2, 0) is 4.74 Å². The fourth-order valence-electron chi connectivity index (χ4n) is 1.43. The van der Waals surface area contributed by atoms with E-state index in [1.54, 1.807) is 0 Å². The second-order valence-electron chi connectivity index (χ2n) is 4.02. The third-order valence-electron chi connectivity index (χ3n) is 2.43. The third kappa shape index (κ3) is 5.85. The van der Waals surface area contributed by atoms with Crippen LogP contribution in [0.2, 0.25) is 5.02 Å². The molecule has 0 aliphatic rings. The van der Waals surface area contributed by atoms with Crippen LogP contribution in [0.1, 0.15) is 26.2 Å². The average molecular weight is 288 g/mol. The van der Waals surface area contributed by atoms with Gasteiger partial charge in [-0.3, -0.25) is 10.1 Å². The summed E-state index contributed by atoms with van der Waals surface area (Å²) in [6.07, 6.45) is 4.32. The van der Waals surface area contributed by atoms with E-state index in [0.29, 0.717) is 13.2 Å². The van der Waals surface area contributed by atoms with Crippen LogP contribution < -0.4 is 5.32 Å². The highest BCUT2D eigenvalue weighted by Crippen LogP contribution is 2.24. The van der Waals surface area contributed by atoms with Crippen molar-refractivity contribution >= 4 is 23.1 Å². The highest BCUT2D eigenvalue weighted by molar-refractivity contribution is 6.30. The van der Waals surface area contributed by atoms with Crippen molar-refractivity contribution in [2.24, 2.45) is 0 Å². The Balaban J connectivity index is 2.35. The van der Waals surface area contributed by atoms with Gasteiger partial charge in [-0.2, -0.15) is 0 Å². The van der Waals surface area contributed by atoms with Gasteiger partial charge in [-0.15, -0.1) is 0 Å². The van der Waals surface area contributed by atoms with Crippen LogP contribution >= 0.6 is 11.6 Å². The number of hydrogen-bond donors (Lipinski definition) is 1. The number of rotatable bonds is 9. The normalized spacial score (nSPS) is 10.4. The molecule has 1 heterocycles. The molecule has 19 heavy (non-hydrogen) atoms. The number of anilines is 1. The highest BCUT2D eigenvalue weighted by atomic mass is 35.5. The minimum Gasteiger partial charge on any atom is -0.381 e. The summed E-state index contributed by atoms with van der Waals surface area (Å²) in [7, 11) is 0. The molecule has 0 bridgehead atoms. The minimum atomic E-state index is -0.501. The monoisotopic (exact) mass is 287 g/mol. The maximum atomic E-state index is 10.8. The van der Waals surface area contributed by atoms with E-state index in [1.807, 2.05) is 0 Å². The van der Waals surface area contributed by atoms with Crippen LogP contribution in [0.3, 0.4) is 0 Å². The Labute approximate surface area is 117 Å². The van der Waals surface area contributed by atoms with Crippen molar-refractivity contribution in [1.29, 1.82) is 0 Å². The van der Waals surface area contributed by atoms with E-state index in [2.05, 4.69) is 17.2 Å². The molecule has 0 saturated carbocycles. The molecule has 1 rings (SSSR count). The van der Waals surface area contributed by atoms with Crippen LogP contribution in [0.15, 0.2) is 12.3 Å². The Hall–Kier alpha value is -1.40. The second-order valence-corrected chi connectivity index (χ2v) is 4.46. The molecular formula is C12H18ClN3O3. The molecule has 6 nitrogen and oxygen atoms in total. The van der Waals surface area contributed by atoms with E-state index in [4.69, 9.17) is 16.3 Å². The summed E-state index contributed by atoms with van der Waals surface area (Å²) in [5.74, 6) is 0.239. The van der Waals surface area contributed by atoms with Crippen molar-refractivity contribution in [3.05, 3.63) is 27.4 Å². The maximum absolute atomic E-state index is 10.8. The number of ether oxygens (including phenoxy) is 1. The molecule has 0 radical (unpaired) electrons. The molecule has 106 valence electrons. The Kier molecular flexibility index (Phi) is 7.14. The number of nitro groups is 1. The summed E-state index contributed by atoms with van der Waals surface area (Å²) in [6, 6.07) is 1.29. The van der Waals surface area contributed by atoms with E-state index < -0.39 is 4.92 Å². The van der Waals surface area contributed by atoms with E-state index in [1.165, 1.54) is 12.3 Å². The number of unbranched alkanes of at least 4 members (excludes halogenated alkanes) is 1. The molecule has 1 N–H and O–H groups in total. The van der Waals surface area contributed by atoms with E-state index >= 15 is 0 Å². The van der Waals surface area contributed by atoms with Gasteiger partial charge in [0.1, 0.15) is 0 Å². The van der Waals surface area contributed by atoms with Crippen LogP contribution in [0, 0.1) is 10.1 Å². The number of halogens is 1. The molecule has 0 saturated heterocycles. The van der Waals surface area contributed by atoms with E-state index in [0.717, 1.165) is 25.9 Å². The lowest BCUT2D eigenvalue weighted by Crippen LogP contribution is -2.09. The van der Waals surface area contributed by atoms with Crippen molar-refractivity contribution in [2.45, 2.75) is 26.2 Å². The zero-order valence-corrected chi connectivity index (χ0v) is 11.7. The van der Waals surface area contributed by atoms with Crippen LogP contribution in [-0.4, -0.2) is 29.7 Å². The maximum Gasteiger partial charge on any atom is 0.312 e. The number of hydrogen-bond acceptors (Lipinski definition) is 5. The summed E-state index contributed by atoms with van der Waals surface area (Å²) in [5.41, 5.74) is -0.112. The molecule has 0 aliphatic carbocycles. The van der Waals surface area contributed by atoms with Gasteiger partial charge in [0.05, 0.1) is 9.95 Å². The number of nitrogens with zero attached hydrogens (tertiary/aromatic N) is 2. The number of nitrogens with one attached hydrogen (secondary N) is 1. The molecule has 0 spiro atoms. The van der Waals surface area contributed by atoms with E-state index in [9.17, 15) is 10.1 Å². The molecule has 7 heteroatoms. The number of pyridine rings is 1. The smallest absolute Gasteiger partial charge is 0.312 e. The summed E-state index contributed by atoms with van der Waals surface area (Å²) in [5, 5.41) is 14.0. The van der Waals surface area contributed by atoms with Crippen LogP contribution in [0.25, 0.3) is 0 Å². The molecule has 0 unspecified atom stereocenters. The summed E-state index contributed by atoms with van der Waals surface area (Å²) in [4.78, 5) is 14.2. The lowest BCUT2D eigenvalue weighted by Gasteiger charge is -2.06. The van der Waals surface area contributed by atoms with Gasteiger partial charge in [0, 0.05) is 32.0 Å². The molecular weight excluding hydrogens is 270 g/mol. The standard InChI is InChI=1S/C12H18ClN3O3/c1-2-3-6-19-7-4-5-14-12-11(16(17)18)8-10(13)9-15-12/h8-9H,2-7H2,1H3,(H,14,15). The fourth-order valence-corrected chi connectivity index (χ4v) is 1.59. The Morgan fingerprint density at radius 1 is 1.47 bits per heavy atom. The third-order valence-corrected chi connectivity index (χ3v) is 2.64. The molecule has 1 aromatic heterocycles. The fraction of sp³-hybridized carbons (Fsp3) is 0.583. The lowest BCUT2D eigenvalue weighted by molar-refractivity contribution is -0.384. The quantitative estimate of drug-likeness (QED) is 0.428. The van der Waals surface area contributed by atoms with Crippen molar-refractivity contribution in [2.75, 3.05) is 25.1 Å². The van der Waals surface area contributed by atoms with Crippen molar-refractivity contribution in [3.63, 3.8) is 0 Å². The molecule has 0 fully saturated rings. The van der Waals surface area contributed by atoms with Crippen LogP contribution in [0.5, 0.6) is 0 Å². The van der Waals surface area contributed by atoms with Crippen molar-refractivity contribution in [3.8, 4) is 0 Å². The predicted octanol–water partition coefficient (Wildman–Crippen LogP) is 3.26. The van der Waals surface area contributed by atoms with Gasteiger partial charge < -0.3 is 10.1 Å². The summed E-state index contributed by atoms with van der Waals surface area (Å²) >= 11 is 5.68. The van der Waals surface area contributed by atoms with Gasteiger partial charge in [0.25, 0.3) is 0 Å². The van der Waals surface area contributed by atoms with Gasteiger partial charge in [-0.25, -0.2) is 4.98 Å². The average Bonchev–Trinajstić information content (AvgIpc) is 2.39. The first kappa shape index (κ1) is 15.7. The summed E-state index contributed by atoms with van der Waals surface area (Å²) < 4.78 is 5.39. The van der Waals surface area contributed by atoms with Gasteiger partial charge in [0.15, 0.2) is 0 Å². The SMILES string of the molecule is CCCCOCCCNc1ncc(Cl)cc1[N+](=O)[O-]. The predicted molar refractivity (Wildman–Crippen MR) is 74.7 cm³/mol. The minimum absolute atomic E-state index is 0.112. The molecule has 0 aromatic carbocycles. The van der Waals surface area contributed by atoms with Crippen LogP contribution in [0.4, 0.5) is 11.5 Å². The summed E-state index contributed by atoms with van der Waals surface area (Å²) in [6.45, 7) is 4.07. The van der Waals surface area contributed by atoms with Gasteiger partial charge in [0.2, 0.25) is 5.82 Å². The van der Waals surface area contributed by atoms with Gasteiger partial charge in [-0.05, 0) is 12.8 Å². The largest absolute Gasteiger partial charge is 0.381 e. The first-order valence-corrected chi connectivity index (χ1v) is 6.64. The molecule has 0 amide bonds. The molecule has 0 atom stereocenters. The molecule has 1 aromatic rings. The topological polar surface area (TPSA) is 77.3 Å². The number of aromatic nitrogens is 1. The van der Waals surface area contributed by atoms with Gasteiger partial charge >= 0.3 is 5.69 Å². The highest BCUT2D eigenvalue weighted by Gasteiger charge is 2.15. The van der Waals surface area contributed by atoms with Gasteiger partial charge in [-0.1, -0.05) is 24.9 Å². The van der Waals surface area contributed by atoms with Crippen molar-refractivity contribution < 1.29 is 9.66 Å². The van der Waals surface area contributed by atoms with Crippen molar-refractivity contribution in [1.82, 2.24) is 4.98 Å². The second kappa shape index (κ2) is 8.66. The Morgan fingerprint density at radius 3 is 2.89 bits per heavy atom. The zero-order valence-electron chi connectivity index (χ0n) is 10.9. The first-order valence-electron chi connectivity index (χ1n) is 6.26.